The summed E-state index contributed by atoms with van der Waals surface area (Å²) >= 11 is 0. The van der Waals surface area contributed by atoms with Crippen molar-refractivity contribution in [2.45, 2.75) is 25.7 Å². The molecule has 0 radical (unpaired) electrons. The third-order valence-corrected chi connectivity index (χ3v) is 8.72. The molecule has 9 heteroatoms. The second-order valence-electron chi connectivity index (χ2n) is 9.03. The predicted molar refractivity (Wildman–Crippen MR) is 132 cm³/mol. The number of nitrogens with two attached hydrogens (primary N) is 1. The third-order valence-electron chi connectivity index (χ3n) is 7.38. The Labute approximate surface area is 199 Å². The van der Waals surface area contributed by atoms with Crippen LogP contribution in [-0.2, 0) is 20.6 Å². The van der Waals surface area contributed by atoms with Gasteiger partial charge in [0.1, 0.15) is 9.73 Å². The van der Waals surface area contributed by atoms with Crippen LogP contribution in [0.2, 0.25) is 0 Å². The Kier molecular flexibility index (Phi) is 4.69. The van der Waals surface area contributed by atoms with Gasteiger partial charge in [-0.25, -0.2) is 0 Å². The van der Waals surface area contributed by atoms with Gasteiger partial charge in [0.2, 0.25) is 20.6 Å². The molecule has 7 nitrogen and oxygen atoms in total. The summed E-state index contributed by atoms with van der Waals surface area (Å²) in [5.74, 6) is -0.603. The first-order chi connectivity index (χ1) is 16.4. The second-order valence-corrected chi connectivity index (χ2v) is 10.9. The summed E-state index contributed by atoms with van der Waals surface area (Å²) in [5.41, 5.74) is 12.5. The van der Waals surface area contributed by atoms with E-state index in [2.05, 4.69) is 0 Å². The molecule has 6 aliphatic rings. The molecular weight excluding hydrogens is 470 g/mol. The minimum absolute atomic E-state index is 0.0186. The second kappa shape index (κ2) is 7.54. The molecule has 0 amide bonds. The summed E-state index contributed by atoms with van der Waals surface area (Å²) in [6.45, 7) is 0. The predicted octanol–water partition coefficient (Wildman–Crippen LogP) is 2.49. The third kappa shape index (κ3) is 2.90. The highest BCUT2D eigenvalue weighted by Crippen LogP contribution is 2.50. The first kappa shape index (κ1) is 21.1. The number of guanidine groups is 1. The van der Waals surface area contributed by atoms with Gasteiger partial charge in [-0.1, -0.05) is 58.7 Å². The molecule has 34 heavy (non-hydrogen) atoms. The highest BCUT2D eigenvalue weighted by molar-refractivity contribution is 7.74. The van der Waals surface area contributed by atoms with Crippen LogP contribution < -0.4 is 5.73 Å². The quantitative estimate of drug-likeness (QED) is 0.348. The highest BCUT2D eigenvalue weighted by atomic mass is 32.2. The Morgan fingerprint density at radius 1 is 0.765 bits per heavy atom. The van der Waals surface area contributed by atoms with Crippen LogP contribution in [0.15, 0.2) is 93.4 Å². The van der Waals surface area contributed by atoms with E-state index in [1.54, 1.807) is 12.2 Å². The van der Waals surface area contributed by atoms with Crippen molar-refractivity contribution in [2.75, 3.05) is 0 Å². The van der Waals surface area contributed by atoms with Crippen LogP contribution in [0.25, 0.3) is 0 Å². The molecule has 0 heterocycles. The van der Waals surface area contributed by atoms with Crippen molar-refractivity contribution in [1.82, 2.24) is 4.90 Å². The van der Waals surface area contributed by atoms with Gasteiger partial charge < -0.3 is 5.73 Å². The molecule has 0 aromatic carbocycles. The van der Waals surface area contributed by atoms with Crippen LogP contribution in [0.5, 0.6) is 0 Å². The van der Waals surface area contributed by atoms with E-state index in [1.165, 1.54) is 16.0 Å². The Hall–Kier alpha value is -3.43. The summed E-state index contributed by atoms with van der Waals surface area (Å²) in [5, 5.41) is 8.52. The Balaban J connectivity index is 1.69. The molecule has 3 N–H and O–H groups in total. The molecule has 172 valence electrons. The molecule has 0 bridgehead atoms. The van der Waals surface area contributed by atoms with Gasteiger partial charge in [0.25, 0.3) is 0 Å². The number of allylic oxidation sites excluding steroid dienone is 14. The minimum atomic E-state index is -2.62. The van der Waals surface area contributed by atoms with E-state index in [0.29, 0.717) is 0 Å². The van der Waals surface area contributed by atoms with Crippen molar-refractivity contribution in [3.63, 3.8) is 0 Å². The standard InChI is InChI=1S/C25H21N3O4S2/c26-25(27)28(23-17-5-1-3-13-7-9-15(21(13)17)11-19(23)33(29)30)24-18-6-2-4-14-8-10-16(22(14)18)12-20(24)34(31)32/h1-6,11-12,21-22H,7-10H2,(H3,26,27). The van der Waals surface area contributed by atoms with E-state index in [4.69, 9.17) is 11.1 Å². The van der Waals surface area contributed by atoms with Crippen LogP contribution in [0.1, 0.15) is 25.7 Å². The summed E-state index contributed by atoms with van der Waals surface area (Å²) < 4.78 is 49.9. The van der Waals surface area contributed by atoms with E-state index in [1.807, 2.05) is 36.5 Å². The molecule has 6 rings (SSSR count). The van der Waals surface area contributed by atoms with E-state index < -0.39 is 26.5 Å². The lowest BCUT2D eigenvalue weighted by atomic mass is 9.79. The van der Waals surface area contributed by atoms with Gasteiger partial charge in [0, 0.05) is 11.8 Å². The highest BCUT2D eigenvalue weighted by Gasteiger charge is 2.43. The first-order valence-electron chi connectivity index (χ1n) is 11.1. The fourth-order valence-electron chi connectivity index (χ4n) is 6.12. The van der Waals surface area contributed by atoms with Crippen molar-refractivity contribution in [3.8, 4) is 0 Å². The average molecular weight is 492 g/mol. The monoisotopic (exact) mass is 491 g/mol. The van der Waals surface area contributed by atoms with Crippen LogP contribution in [0.3, 0.4) is 0 Å². The Morgan fingerprint density at radius 3 is 1.56 bits per heavy atom. The fraction of sp³-hybridized carbons (Fsp3) is 0.240. The van der Waals surface area contributed by atoms with Gasteiger partial charge in [-0.15, -0.1) is 0 Å². The lowest BCUT2D eigenvalue weighted by Crippen LogP contribution is -2.44. The number of hydrogen-bond donors (Lipinski definition) is 2. The minimum Gasteiger partial charge on any atom is -0.369 e. The van der Waals surface area contributed by atoms with Crippen LogP contribution in [0.4, 0.5) is 0 Å². The van der Waals surface area contributed by atoms with Gasteiger partial charge >= 0.3 is 0 Å². The summed E-state index contributed by atoms with van der Waals surface area (Å²) in [7, 11) is -5.24. The van der Waals surface area contributed by atoms with E-state index in [9.17, 15) is 16.8 Å². The molecule has 2 saturated carbocycles. The zero-order chi connectivity index (χ0) is 23.7. The van der Waals surface area contributed by atoms with E-state index in [-0.39, 0.29) is 33.0 Å². The SMILES string of the molecule is N=C(N)N(C1=C2C=CC=C3CCC(=CC1=S(=O)=O)C32)C1=C2C=CC=C3CCC(=CC1=S(=O)=O)C32. The van der Waals surface area contributed by atoms with E-state index in [0.717, 1.165) is 48.0 Å². The molecule has 0 aromatic heterocycles. The van der Waals surface area contributed by atoms with E-state index >= 15 is 0 Å². The maximum atomic E-state index is 12.5. The molecule has 2 fully saturated rings. The zero-order valence-corrected chi connectivity index (χ0v) is 19.7. The van der Waals surface area contributed by atoms with Gasteiger partial charge in [-0.05, 0) is 49.0 Å². The molecule has 0 spiro atoms. The number of hydrogen-bond acceptors (Lipinski definition) is 5. The van der Waals surface area contributed by atoms with Crippen molar-refractivity contribution in [2.24, 2.45) is 17.6 Å². The topological polar surface area (TPSA) is 121 Å². The maximum Gasteiger partial charge on any atom is 0.223 e. The Morgan fingerprint density at radius 2 is 1.18 bits per heavy atom. The summed E-state index contributed by atoms with van der Waals surface area (Å²) in [6, 6.07) is 0. The van der Waals surface area contributed by atoms with Crippen molar-refractivity contribution in [1.29, 1.82) is 5.41 Å². The fourth-order valence-corrected chi connectivity index (χ4v) is 7.35. The van der Waals surface area contributed by atoms with Crippen LogP contribution in [0, 0.1) is 17.2 Å². The zero-order valence-electron chi connectivity index (χ0n) is 18.1. The Bertz CT molecular complexity index is 1510. The average Bonchev–Trinajstić information content (AvgIpc) is 3.42. The normalized spacial score (nSPS) is 26.0. The molecule has 2 unspecified atom stereocenters. The van der Waals surface area contributed by atoms with Crippen molar-refractivity contribution in [3.05, 3.63) is 93.4 Å². The molecule has 2 atom stereocenters. The van der Waals surface area contributed by atoms with Gasteiger partial charge in [-0.3, -0.25) is 10.3 Å². The smallest absolute Gasteiger partial charge is 0.223 e. The van der Waals surface area contributed by atoms with Gasteiger partial charge in [-0.2, -0.15) is 16.8 Å². The number of nitrogens with zero attached hydrogens (tertiary/aromatic N) is 1. The number of rotatable bonds is 2. The molecule has 0 aromatic rings. The first-order valence-corrected chi connectivity index (χ1v) is 13.2. The van der Waals surface area contributed by atoms with Gasteiger partial charge in [0.05, 0.1) is 11.4 Å². The summed E-state index contributed by atoms with van der Waals surface area (Å²) in [6.07, 6.45) is 18.1. The van der Waals surface area contributed by atoms with Crippen LogP contribution >= 0.6 is 0 Å². The van der Waals surface area contributed by atoms with Crippen LogP contribution in [-0.4, -0.2) is 37.4 Å². The van der Waals surface area contributed by atoms with Gasteiger partial charge in [0.15, 0.2) is 5.96 Å². The maximum absolute atomic E-state index is 12.5. The lowest BCUT2D eigenvalue weighted by Gasteiger charge is -2.37. The summed E-state index contributed by atoms with van der Waals surface area (Å²) in [4.78, 5) is 1.37. The molecule has 0 saturated heterocycles. The molecule has 6 aliphatic carbocycles. The lowest BCUT2D eigenvalue weighted by molar-refractivity contribution is 0.621. The van der Waals surface area contributed by atoms with Crippen molar-refractivity contribution < 1.29 is 16.8 Å². The largest absolute Gasteiger partial charge is 0.369 e. The number of nitrogens with one attached hydrogen (secondary N) is 1. The van der Waals surface area contributed by atoms with Crippen molar-refractivity contribution >= 4 is 36.3 Å². The molecular formula is C25H21N3O4S2. The molecule has 0 aliphatic heterocycles.